The predicted molar refractivity (Wildman–Crippen MR) is 62.7 cm³/mol. The smallest absolute Gasteiger partial charge is 0.244 e. The Balaban J connectivity index is 2.48. The molecule has 0 saturated carbocycles. The van der Waals surface area contributed by atoms with Crippen molar-refractivity contribution >= 4 is 5.91 Å². The maximum absolute atomic E-state index is 11.8. The third-order valence-electron chi connectivity index (χ3n) is 2.50. The van der Waals surface area contributed by atoms with Gasteiger partial charge in [-0.25, -0.2) is 0 Å². The molecule has 0 aromatic carbocycles. The molecule has 0 aliphatic rings. The van der Waals surface area contributed by atoms with Crippen molar-refractivity contribution < 1.29 is 4.79 Å². The second-order valence-corrected chi connectivity index (χ2v) is 4.82. The van der Waals surface area contributed by atoms with Gasteiger partial charge in [0.05, 0.1) is 0 Å². The van der Waals surface area contributed by atoms with Crippen molar-refractivity contribution in [1.82, 2.24) is 14.7 Å². The summed E-state index contributed by atoms with van der Waals surface area (Å²) in [4.78, 5) is 13.5. The van der Waals surface area contributed by atoms with Crippen LogP contribution in [0.2, 0.25) is 0 Å². The molecule has 0 unspecified atom stereocenters. The van der Waals surface area contributed by atoms with Crippen LogP contribution in [0.15, 0.2) is 18.5 Å². The summed E-state index contributed by atoms with van der Waals surface area (Å²) < 4.78 is 1.62. The van der Waals surface area contributed by atoms with Gasteiger partial charge in [0, 0.05) is 26.0 Å². The fraction of sp³-hybridized carbons (Fsp3) is 0.636. The number of carbonyl (C=O) groups excluding carboxylic acids is 1. The van der Waals surface area contributed by atoms with E-state index in [9.17, 15) is 4.79 Å². The summed E-state index contributed by atoms with van der Waals surface area (Å²) in [6.07, 6.45) is 3.44. The molecule has 2 N–H and O–H groups in total. The van der Waals surface area contributed by atoms with E-state index >= 15 is 0 Å². The van der Waals surface area contributed by atoms with E-state index in [1.165, 1.54) is 0 Å². The molecule has 0 spiro atoms. The first-order valence-corrected chi connectivity index (χ1v) is 5.36. The van der Waals surface area contributed by atoms with Crippen LogP contribution in [0.5, 0.6) is 0 Å². The Morgan fingerprint density at radius 1 is 1.56 bits per heavy atom. The Labute approximate surface area is 96.2 Å². The van der Waals surface area contributed by atoms with Crippen LogP contribution in [0.1, 0.15) is 13.8 Å². The molecule has 0 aliphatic carbocycles. The van der Waals surface area contributed by atoms with Crippen LogP contribution in [-0.2, 0) is 11.3 Å². The van der Waals surface area contributed by atoms with Gasteiger partial charge in [0.25, 0.3) is 0 Å². The van der Waals surface area contributed by atoms with Crippen molar-refractivity contribution in [2.24, 2.45) is 11.1 Å². The van der Waals surface area contributed by atoms with Gasteiger partial charge in [-0.15, -0.1) is 0 Å². The van der Waals surface area contributed by atoms with Crippen molar-refractivity contribution in [3.63, 3.8) is 0 Å². The summed E-state index contributed by atoms with van der Waals surface area (Å²) in [6, 6.07) is 1.80. The van der Waals surface area contributed by atoms with Crippen molar-refractivity contribution in [2.75, 3.05) is 20.1 Å². The van der Waals surface area contributed by atoms with E-state index in [2.05, 4.69) is 5.10 Å². The minimum absolute atomic E-state index is 0.0465. The molecule has 0 atom stereocenters. The van der Waals surface area contributed by atoms with Gasteiger partial charge in [0.2, 0.25) is 5.91 Å². The van der Waals surface area contributed by atoms with Gasteiger partial charge in [-0.3, -0.25) is 9.48 Å². The topological polar surface area (TPSA) is 64.2 Å². The van der Waals surface area contributed by atoms with Gasteiger partial charge < -0.3 is 10.6 Å². The normalized spacial score (nSPS) is 11.5. The molecular weight excluding hydrogens is 204 g/mol. The maximum Gasteiger partial charge on any atom is 0.244 e. The number of carbonyl (C=O) groups is 1. The molecule has 1 amide bonds. The lowest BCUT2D eigenvalue weighted by molar-refractivity contribution is -0.131. The minimum atomic E-state index is -0.0471. The predicted octanol–water partition coefficient (Wildman–Crippen LogP) is 0.326. The van der Waals surface area contributed by atoms with Crippen molar-refractivity contribution in [3.05, 3.63) is 18.5 Å². The van der Waals surface area contributed by atoms with Gasteiger partial charge >= 0.3 is 0 Å². The van der Waals surface area contributed by atoms with Gasteiger partial charge in [0.15, 0.2) is 0 Å². The van der Waals surface area contributed by atoms with E-state index in [1.807, 2.05) is 13.8 Å². The summed E-state index contributed by atoms with van der Waals surface area (Å²) in [6.45, 7) is 5.59. The number of aromatic nitrogens is 2. The highest BCUT2D eigenvalue weighted by Gasteiger charge is 2.21. The highest BCUT2D eigenvalue weighted by Crippen LogP contribution is 2.13. The molecule has 5 heteroatoms. The van der Waals surface area contributed by atoms with E-state index in [0.29, 0.717) is 13.1 Å². The molecule has 90 valence electrons. The number of hydrogen-bond donors (Lipinski definition) is 1. The quantitative estimate of drug-likeness (QED) is 0.783. The van der Waals surface area contributed by atoms with Gasteiger partial charge in [-0.2, -0.15) is 5.10 Å². The molecule has 0 saturated heterocycles. The molecule has 16 heavy (non-hydrogen) atoms. The molecular formula is C11H20N4O. The van der Waals surface area contributed by atoms with Crippen LogP contribution in [0.25, 0.3) is 0 Å². The molecule has 1 rings (SSSR count). The van der Waals surface area contributed by atoms with Crippen LogP contribution < -0.4 is 5.73 Å². The minimum Gasteiger partial charge on any atom is -0.344 e. The number of amides is 1. The Morgan fingerprint density at radius 2 is 2.25 bits per heavy atom. The molecule has 0 aliphatic heterocycles. The van der Waals surface area contributed by atoms with Crippen LogP contribution in [0, 0.1) is 5.41 Å². The van der Waals surface area contributed by atoms with E-state index < -0.39 is 0 Å². The fourth-order valence-corrected chi connectivity index (χ4v) is 1.45. The van der Waals surface area contributed by atoms with Gasteiger partial charge in [-0.05, 0) is 18.0 Å². The molecule has 5 nitrogen and oxygen atoms in total. The summed E-state index contributed by atoms with van der Waals surface area (Å²) in [5.74, 6) is 0.0465. The van der Waals surface area contributed by atoms with Crippen LogP contribution >= 0.6 is 0 Å². The summed E-state index contributed by atoms with van der Waals surface area (Å²) >= 11 is 0. The zero-order valence-electron chi connectivity index (χ0n) is 10.2. The first-order chi connectivity index (χ1) is 7.44. The van der Waals surface area contributed by atoms with Crippen molar-refractivity contribution in [3.8, 4) is 0 Å². The van der Waals surface area contributed by atoms with E-state index in [4.69, 9.17) is 5.73 Å². The van der Waals surface area contributed by atoms with Gasteiger partial charge in [-0.1, -0.05) is 13.8 Å². The molecule has 1 heterocycles. The van der Waals surface area contributed by atoms with Crippen LogP contribution in [0.3, 0.4) is 0 Å². The lowest BCUT2D eigenvalue weighted by atomic mass is 9.93. The average Bonchev–Trinajstić information content (AvgIpc) is 2.69. The van der Waals surface area contributed by atoms with Crippen LogP contribution in [-0.4, -0.2) is 40.7 Å². The number of nitrogens with two attached hydrogens (primary N) is 1. The largest absolute Gasteiger partial charge is 0.344 e. The summed E-state index contributed by atoms with van der Waals surface area (Å²) in [5, 5.41) is 4.00. The molecule has 1 aromatic heterocycles. The highest BCUT2D eigenvalue weighted by atomic mass is 16.2. The van der Waals surface area contributed by atoms with Crippen molar-refractivity contribution in [1.29, 1.82) is 0 Å². The van der Waals surface area contributed by atoms with Crippen molar-refractivity contribution in [2.45, 2.75) is 20.4 Å². The Hall–Kier alpha value is -1.36. The fourth-order valence-electron chi connectivity index (χ4n) is 1.45. The third-order valence-corrected chi connectivity index (χ3v) is 2.50. The first kappa shape index (κ1) is 12.7. The molecule has 0 fully saturated rings. The number of nitrogens with zero attached hydrogens (tertiary/aromatic N) is 3. The second-order valence-electron chi connectivity index (χ2n) is 4.82. The Bertz CT molecular complexity index is 332. The van der Waals surface area contributed by atoms with E-state index in [-0.39, 0.29) is 17.9 Å². The average molecular weight is 224 g/mol. The summed E-state index contributed by atoms with van der Waals surface area (Å²) in [5.41, 5.74) is 5.59. The second kappa shape index (κ2) is 5.12. The molecule has 0 radical (unpaired) electrons. The lowest BCUT2D eigenvalue weighted by Crippen LogP contribution is -2.41. The maximum atomic E-state index is 11.8. The SMILES string of the molecule is CN(CC(C)(C)CN)C(=O)Cn1cccn1. The van der Waals surface area contributed by atoms with Gasteiger partial charge in [0.1, 0.15) is 6.54 Å². The highest BCUT2D eigenvalue weighted by molar-refractivity contribution is 5.75. The summed E-state index contributed by atoms with van der Waals surface area (Å²) in [7, 11) is 1.79. The zero-order chi connectivity index (χ0) is 12.2. The monoisotopic (exact) mass is 224 g/mol. The zero-order valence-corrected chi connectivity index (χ0v) is 10.2. The first-order valence-electron chi connectivity index (χ1n) is 5.36. The Morgan fingerprint density at radius 3 is 2.75 bits per heavy atom. The lowest BCUT2D eigenvalue weighted by Gasteiger charge is -2.29. The number of likely N-dealkylation sites (N-methyl/N-ethyl adjacent to an activating group) is 1. The van der Waals surface area contributed by atoms with E-state index in [0.717, 1.165) is 0 Å². The molecule has 0 bridgehead atoms. The molecule has 1 aromatic rings. The Kier molecular flexibility index (Phi) is 4.06. The third kappa shape index (κ3) is 3.66. The van der Waals surface area contributed by atoms with Crippen LogP contribution in [0.4, 0.5) is 0 Å². The number of hydrogen-bond acceptors (Lipinski definition) is 3. The van der Waals surface area contributed by atoms with E-state index in [1.54, 1.807) is 35.1 Å². The standard InChI is InChI=1S/C11H20N4O/c1-11(2,8-12)9-14(3)10(16)7-15-6-4-5-13-15/h4-6H,7-9,12H2,1-3H3. The number of rotatable bonds is 5.